The van der Waals surface area contributed by atoms with Crippen molar-refractivity contribution in [3.05, 3.63) is 42.7 Å². The molecule has 150 valence electrons. The zero-order valence-corrected chi connectivity index (χ0v) is 17.0. The number of carbonyl (C=O) groups excluding carboxylic acids is 1. The first-order chi connectivity index (χ1) is 13.3. The van der Waals surface area contributed by atoms with Gasteiger partial charge in [0.05, 0.1) is 19.9 Å². The molecule has 1 amide bonds. The quantitative estimate of drug-likeness (QED) is 0.764. The molecular formula is C22H28N2O4. The van der Waals surface area contributed by atoms with Crippen molar-refractivity contribution in [3.8, 4) is 22.6 Å². The molecule has 2 aromatic rings. The van der Waals surface area contributed by atoms with Crippen molar-refractivity contribution in [2.24, 2.45) is 5.41 Å². The number of rotatable bonds is 7. The van der Waals surface area contributed by atoms with Gasteiger partial charge in [0.1, 0.15) is 17.1 Å². The molecule has 0 aliphatic heterocycles. The van der Waals surface area contributed by atoms with Crippen molar-refractivity contribution in [3.63, 3.8) is 0 Å². The van der Waals surface area contributed by atoms with Crippen LogP contribution in [0.5, 0.6) is 11.5 Å². The third kappa shape index (κ3) is 5.62. The molecule has 3 rings (SSSR count). The van der Waals surface area contributed by atoms with Crippen molar-refractivity contribution in [2.45, 2.75) is 39.2 Å². The van der Waals surface area contributed by atoms with Crippen LogP contribution in [0.4, 0.5) is 4.79 Å². The second-order valence-corrected chi connectivity index (χ2v) is 8.28. The second kappa shape index (κ2) is 8.09. The van der Waals surface area contributed by atoms with E-state index >= 15 is 0 Å². The Bertz CT molecular complexity index is 808. The summed E-state index contributed by atoms with van der Waals surface area (Å²) in [5, 5.41) is 2.86. The fourth-order valence-corrected chi connectivity index (χ4v) is 2.80. The molecule has 6 nitrogen and oxygen atoms in total. The summed E-state index contributed by atoms with van der Waals surface area (Å²) in [6, 6.07) is 9.81. The van der Waals surface area contributed by atoms with E-state index in [9.17, 15) is 4.79 Å². The fourth-order valence-electron chi connectivity index (χ4n) is 2.80. The summed E-state index contributed by atoms with van der Waals surface area (Å²) in [6.45, 7) is 6.65. The molecule has 0 bridgehead atoms. The predicted molar refractivity (Wildman–Crippen MR) is 108 cm³/mol. The van der Waals surface area contributed by atoms with E-state index in [1.165, 1.54) is 0 Å². The first-order valence-corrected chi connectivity index (χ1v) is 9.48. The van der Waals surface area contributed by atoms with Gasteiger partial charge in [0.25, 0.3) is 0 Å². The van der Waals surface area contributed by atoms with Gasteiger partial charge in [0, 0.05) is 23.7 Å². The molecule has 0 radical (unpaired) electrons. The van der Waals surface area contributed by atoms with Crippen LogP contribution in [-0.2, 0) is 4.74 Å². The third-order valence-corrected chi connectivity index (χ3v) is 4.65. The predicted octanol–water partition coefficient (Wildman–Crippen LogP) is 4.44. The van der Waals surface area contributed by atoms with Crippen LogP contribution in [0.15, 0.2) is 42.7 Å². The van der Waals surface area contributed by atoms with Crippen molar-refractivity contribution >= 4 is 6.09 Å². The van der Waals surface area contributed by atoms with E-state index < -0.39 is 5.60 Å². The van der Waals surface area contributed by atoms with E-state index in [-0.39, 0.29) is 11.5 Å². The van der Waals surface area contributed by atoms with Crippen LogP contribution < -0.4 is 14.8 Å². The smallest absolute Gasteiger partial charge is 0.407 e. The normalized spacial score (nSPS) is 14.9. The number of benzene rings is 1. The molecule has 28 heavy (non-hydrogen) atoms. The van der Waals surface area contributed by atoms with Gasteiger partial charge in [-0.05, 0) is 57.4 Å². The summed E-state index contributed by atoms with van der Waals surface area (Å²) in [6.07, 6.45) is 5.18. The van der Waals surface area contributed by atoms with Crippen molar-refractivity contribution in [1.82, 2.24) is 10.3 Å². The van der Waals surface area contributed by atoms with Crippen LogP contribution in [0, 0.1) is 5.41 Å². The topological polar surface area (TPSA) is 69.7 Å². The lowest BCUT2D eigenvalue weighted by molar-refractivity contribution is 0.0509. The number of nitrogens with zero attached hydrogens (tertiary/aromatic N) is 1. The van der Waals surface area contributed by atoms with E-state index in [2.05, 4.69) is 10.3 Å². The molecule has 0 atom stereocenters. The van der Waals surface area contributed by atoms with Crippen LogP contribution in [0.3, 0.4) is 0 Å². The Balaban J connectivity index is 1.55. The lowest BCUT2D eigenvalue weighted by Crippen LogP contribution is -2.37. The Labute approximate surface area is 166 Å². The minimum absolute atomic E-state index is 0.0208. The maximum Gasteiger partial charge on any atom is 0.407 e. The first kappa shape index (κ1) is 20.0. The monoisotopic (exact) mass is 384 g/mol. The van der Waals surface area contributed by atoms with E-state index in [1.807, 2.05) is 57.3 Å². The summed E-state index contributed by atoms with van der Waals surface area (Å²) in [4.78, 5) is 16.2. The first-order valence-electron chi connectivity index (χ1n) is 9.48. The number of amides is 1. The maximum absolute atomic E-state index is 11.9. The van der Waals surface area contributed by atoms with Crippen molar-refractivity contribution in [1.29, 1.82) is 0 Å². The van der Waals surface area contributed by atoms with Gasteiger partial charge in [0.15, 0.2) is 0 Å². The second-order valence-electron chi connectivity index (χ2n) is 8.28. The van der Waals surface area contributed by atoms with Crippen LogP contribution in [-0.4, -0.2) is 36.9 Å². The van der Waals surface area contributed by atoms with Crippen LogP contribution >= 0.6 is 0 Å². The number of pyridine rings is 1. The van der Waals surface area contributed by atoms with Gasteiger partial charge in [-0.3, -0.25) is 4.98 Å². The Morgan fingerprint density at radius 1 is 1.11 bits per heavy atom. The summed E-state index contributed by atoms with van der Waals surface area (Å²) >= 11 is 0. The van der Waals surface area contributed by atoms with Crippen LogP contribution in [0.2, 0.25) is 0 Å². The molecule has 0 unspecified atom stereocenters. The van der Waals surface area contributed by atoms with Gasteiger partial charge >= 0.3 is 6.09 Å². The average Bonchev–Trinajstić information content (AvgIpc) is 3.44. The summed E-state index contributed by atoms with van der Waals surface area (Å²) in [5.41, 5.74) is 1.51. The SMILES string of the molecule is COc1ccc(-c2cncc(OCC3(CNC(=O)OC(C)(C)C)CC3)c2)cc1. The lowest BCUT2D eigenvalue weighted by atomic mass is 10.1. The van der Waals surface area contributed by atoms with E-state index in [0.717, 1.165) is 35.5 Å². The number of carbonyl (C=O) groups is 1. The maximum atomic E-state index is 11.9. The van der Waals surface area contributed by atoms with Gasteiger partial charge in [0.2, 0.25) is 0 Å². The molecule has 0 saturated heterocycles. The highest BCUT2D eigenvalue weighted by atomic mass is 16.6. The molecule has 1 heterocycles. The molecule has 1 aliphatic rings. The number of aromatic nitrogens is 1. The minimum Gasteiger partial charge on any atom is -0.497 e. The molecule has 6 heteroatoms. The molecule has 1 saturated carbocycles. The number of hydrogen-bond donors (Lipinski definition) is 1. The average molecular weight is 384 g/mol. The van der Waals surface area contributed by atoms with E-state index in [1.54, 1.807) is 13.3 Å². The van der Waals surface area contributed by atoms with Gasteiger partial charge in [-0.2, -0.15) is 0 Å². The summed E-state index contributed by atoms with van der Waals surface area (Å²) in [5.74, 6) is 1.54. The highest BCUT2D eigenvalue weighted by Gasteiger charge is 2.44. The molecule has 0 spiro atoms. The van der Waals surface area contributed by atoms with Gasteiger partial charge in [-0.1, -0.05) is 12.1 Å². The summed E-state index contributed by atoms with van der Waals surface area (Å²) in [7, 11) is 1.65. The third-order valence-electron chi connectivity index (χ3n) is 4.65. The molecule has 1 aromatic carbocycles. The number of nitrogens with one attached hydrogen (secondary N) is 1. The van der Waals surface area contributed by atoms with Gasteiger partial charge in [-0.25, -0.2) is 4.79 Å². The van der Waals surface area contributed by atoms with Crippen LogP contribution in [0.25, 0.3) is 11.1 Å². The van der Waals surface area contributed by atoms with Crippen LogP contribution in [0.1, 0.15) is 33.6 Å². The Kier molecular flexibility index (Phi) is 5.77. The Morgan fingerprint density at radius 2 is 1.82 bits per heavy atom. The fraction of sp³-hybridized carbons (Fsp3) is 0.455. The lowest BCUT2D eigenvalue weighted by Gasteiger charge is -2.22. The number of hydrogen-bond acceptors (Lipinski definition) is 5. The number of alkyl carbamates (subject to hydrolysis) is 1. The molecule has 1 aromatic heterocycles. The molecular weight excluding hydrogens is 356 g/mol. The molecule has 1 fully saturated rings. The van der Waals surface area contributed by atoms with E-state index in [4.69, 9.17) is 14.2 Å². The minimum atomic E-state index is -0.495. The van der Waals surface area contributed by atoms with Gasteiger partial charge in [-0.15, -0.1) is 0 Å². The Morgan fingerprint density at radius 3 is 2.43 bits per heavy atom. The Hall–Kier alpha value is -2.76. The summed E-state index contributed by atoms with van der Waals surface area (Å²) < 4.78 is 16.5. The number of methoxy groups -OCH3 is 1. The van der Waals surface area contributed by atoms with Crippen molar-refractivity contribution < 1.29 is 19.0 Å². The zero-order chi connectivity index (χ0) is 20.2. The highest BCUT2D eigenvalue weighted by Crippen LogP contribution is 2.45. The molecule has 1 aliphatic carbocycles. The number of ether oxygens (including phenoxy) is 3. The van der Waals surface area contributed by atoms with Crippen molar-refractivity contribution in [2.75, 3.05) is 20.3 Å². The largest absolute Gasteiger partial charge is 0.497 e. The van der Waals surface area contributed by atoms with E-state index in [0.29, 0.717) is 13.2 Å². The zero-order valence-electron chi connectivity index (χ0n) is 17.0. The highest BCUT2D eigenvalue weighted by molar-refractivity contribution is 5.67. The standard InChI is InChI=1S/C22H28N2O4/c1-21(2,3)28-20(25)24-14-22(9-10-22)15-27-19-11-17(12-23-13-19)16-5-7-18(26-4)8-6-16/h5-8,11-13H,9-10,14-15H2,1-4H3,(H,24,25). The van der Waals surface area contributed by atoms with Gasteiger partial charge < -0.3 is 19.5 Å². The molecule has 1 N–H and O–H groups in total.